The van der Waals surface area contributed by atoms with Gasteiger partial charge >= 0.3 is 6.18 Å². The summed E-state index contributed by atoms with van der Waals surface area (Å²) in [5.74, 6) is -1.78. The van der Waals surface area contributed by atoms with E-state index in [0.29, 0.717) is 5.56 Å². The Hall–Kier alpha value is -3.36. The summed E-state index contributed by atoms with van der Waals surface area (Å²) < 4.78 is 37.0. The Morgan fingerprint density at radius 2 is 1.47 bits per heavy atom. The maximum Gasteiger partial charge on any atom is 0.405 e. The lowest BCUT2D eigenvalue weighted by Crippen LogP contribution is -2.34. The number of nitrogens with one attached hydrogen (secondary N) is 3. The maximum absolute atomic E-state index is 12.3. The van der Waals surface area contributed by atoms with Crippen LogP contribution in [0.3, 0.4) is 0 Å². The molecule has 0 saturated heterocycles. The first-order valence-electron chi connectivity index (χ1n) is 9.99. The molecule has 2 aromatic carbocycles. The van der Waals surface area contributed by atoms with Crippen molar-refractivity contribution in [2.24, 2.45) is 0 Å². The van der Waals surface area contributed by atoms with Gasteiger partial charge in [-0.15, -0.1) is 0 Å². The Balaban J connectivity index is 1.88. The summed E-state index contributed by atoms with van der Waals surface area (Å²) in [7, 11) is 0. The van der Waals surface area contributed by atoms with Crippen molar-refractivity contribution in [1.82, 2.24) is 10.6 Å². The second-order valence-electron chi connectivity index (χ2n) is 8.22. The zero-order valence-electron chi connectivity index (χ0n) is 18.1. The fraction of sp³-hybridized carbons (Fsp3) is 0.348. The molecule has 0 atom stereocenters. The quantitative estimate of drug-likeness (QED) is 0.596. The van der Waals surface area contributed by atoms with E-state index in [1.165, 1.54) is 18.2 Å². The van der Waals surface area contributed by atoms with E-state index in [1.807, 2.05) is 12.1 Å². The number of alkyl halides is 3. The van der Waals surface area contributed by atoms with Gasteiger partial charge in [0, 0.05) is 18.5 Å². The molecule has 0 heterocycles. The van der Waals surface area contributed by atoms with Crippen LogP contribution in [0.5, 0.6) is 0 Å². The van der Waals surface area contributed by atoms with Crippen molar-refractivity contribution in [2.75, 3.05) is 18.4 Å². The number of anilines is 1. The topological polar surface area (TPSA) is 87.3 Å². The summed E-state index contributed by atoms with van der Waals surface area (Å²) in [6.07, 6.45) is -4.62. The Morgan fingerprint density at radius 1 is 0.844 bits per heavy atom. The van der Waals surface area contributed by atoms with Gasteiger partial charge in [-0.05, 0) is 35.2 Å². The van der Waals surface area contributed by atoms with Gasteiger partial charge in [-0.25, -0.2) is 0 Å². The Labute approximate surface area is 184 Å². The predicted octanol–water partition coefficient (Wildman–Crippen LogP) is 4.03. The molecule has 0 aliphatic rings. The number of carbonyl (C=O) groups is 3. The number of benzene rings is 2. The van der Waals surface area contributed by atoms with Crippen molar-refractivity contribution in [3.63, 3.8) is 0 Å². The number of amides is 3. The van der Waals surface area contributed by atoms with Crippen molar-refractivity contribution in [2.45, 2.75) is 38.8 Å². The van der Waals surface area contributed by atoms with E-state index < -0.39 is 24.5 Å². The van der Waals surface area contributed by atoms with E-state index in [1.54, 1.807) is 23.5 Å². The van der Waals surface area contributed by atoms with Crippen LogP contribution >= 0.6 is 0 Å². The Bertz CT molecular complexity index is 965. The van der Waals surface area contributed by atoms with E-state index in [0.717, 1.165) is 5.56 Å². The van der Waals surface area contributed by atoms with E-state index in [-0.39, 0.29) is 35.5 Å². The molecule has 0 aromatic heterocycles. The Kier molecular flexibility index (Phi) is 8.02. The molecule has 0 saturated carbocycles. The van der Waals surface area contributed by atoms with Crippen LogP contribution in [-0.2, 0) is 10.2 Å². The van der Waals surface area contributed by atoms with Gasteiger partial charge in [0.2, 0.25) is 5.91 Å². The lowest BCUT2D eigenvalue weighted by Gasteiger charge is -2.19. The lowest BCUT2D eigenvalue weighted by molar-refractivity contribution is -0.123. The summed E-state index contributed by atoms with van der Waals surface area (Å²) in [6.45, 7) is 4.78. The van der Waals surface area contributed by atoms with Crippen LogP contribution in [0.25, 0.3) is 0 Å². The van der Waals surface area contributed by atoms with Gasteiger partial charge in [-0.2, -0.15) is 13.2 Å². The second kappa shape index (κ2) is 10.3. The van der Waals surface area contributed by atoms with E-state index in [2.05, 4.69) is 31.4 Å². The third-order valence-corrected chi connectivity index (χ3v) is 4.55. The standard InChI is InChI=1S/C23H26F3N3O3/c1-22(2,3)16-10-8-15(9-11-16)20(31)27-13-12-19(30)29-18-7-5-4-6-17(18)21(32)28-14-23(24,25)26/h4-11H,12-14H2,1-3H3,(H,27,31)(H,28,32)(H,29,30). The molecule has 6 nitrogen and oxygen atoms in total. The number of hydrogen-bond donors (Lipinski definition) is 3. The number of para-hydroxylation sites is 1. The van der Waals surface area contributed by atoms with Crippen LogP contribution in [0.4, 0.5) is 18.9 Å². The van der Waals surface area contributed by atoms with Crippen molar-refractivity contribution in [3.8, 4) is 0 Å². The highest BCUT2D eigenvalue weighted by Crippen LogP contribution is 2.22. The molecule has 32 heavy (non-hydrogen) atoms. The third kappa shape index (κ3) is 7.72. The molecule has 0 aliphatic heterocycles. The zero-order valence-corrected chi connectivity index (χ0v) is 18.1. The van der Waals surface area contributed by atoms with Crippen LogP contribution in [0, 0.1) is 0 Å². The smallest absolute Gasteiger partial charge is 0.352 e. The number of carbonyl (C=O) groups excluding carboxylic acids is 3. The van der Waals surface area contributed by atoms with Crippen molar-refractivity contribution in [3.05, 3.63) is 65.2 Å². The molecule has 2 rings (SSSR count). The first-order chi connectivity index (χ1) is 14.9. The van der Waals surface area contributed by atoms with Crippen molar-refractivity contribution in [1.29, 1.82) is 0 Å². The highest BCUT2D eigenvalue weighted by Gasteiger charge is 2.28. The SMILES string of the molecule is CC(C)(C)c1ccc(C(=O)NCCC(=O)Nc2ccccc2C(=O)NCC(F)(F)F)cc1. The van der Waals surface area contributed by atoms with Gasteiger partial charge in [-0.3, -0.25) is 14.4 Å². The number of halogens is 3. The molecule has 0 aliphatic carbocycles. The van der Waals surface area contributed by atoms with Gasteiger partial charge in [0.05, 0.1) is 11.3 Å². The molecule has 2 aromatic rings. The summed E-state index contributed by atoms with van der Waals surface area (Å²) in [6, 6.07) is 12.9. The lowest BCUT2D eigenvalue weighted by atomic mass is 9.87. The largest absolute Gasteiger partial charge is 0.405 e. The molecule has 0 bridgehead atoms. The zero-order chi connectivity index (χ0) is 23.9. The van der Waals surface area contributed by atoms with Crippen molar-refractivity contribution >= 4 is 23.4 Å². The highest BCUT2D eigenvalue weighted by molar-refractivity contribution is 6.04. The van der Waals surface area contributed by atoms with E-state index in [4.69, 9.17) is 0 Å². The molecule has 3 amide bonds. The van der Waals surface area contributed by atoms with Crippen LogP contribution in [0.2, 0.25) is 0 Å². The predicted molar refractivity (Wildman–Crippen MR) is 116 cm³/mol. The minimum Gasteiger partial charge on any atom is -0.352 e. The van der Waals surface area contributed by atoms with Crippen LogP contribution in [0.1, 0.15) is 53.5 Å². The van der Waals surface area contributed by atoms with Gasteiger partial charge in [0.1, 0.15) is 6.54 Å². The van der Waals surface area contributed by atoms with Gasteiger partial charge in [0.25, 0.3) is 11.8 Å². The van der Waals surface area contributed by atoms with Gasteiger partial charge < -0.3 is 16.0 Å². The molecule has 0 fully saturated rings. The summed E-state index contributed by atoms with van der Waals surface area (Å²) in [5.41, 5.74) is 1.51. The number of hydrogen-bond acceptors (Lipinski definition) is 3. The van der Waals surface area contributed by atoms with Gasteiger partial charge in [0.15, 0.2) is 0 Å². The molecule has 172 valence electrons. The van der Waals surface area contributed by atoms with Crippen LogP contribution < -0.4 is 16.0 Å². The minimum atomic E-state index is -4.54. The second-order valence-corrected chi connectivity index (χ2v) is 8.22. The van der Waals surface area contributed by atoms with Crippen LogP contribution in [-0.4, -0.2) is 37.0 Å². The monoisotopic (exact) mass is 449 g/mol. The minimum absolute atomic E-state index is 0.0347. The average Bonchev–Trinajstić information content (AvgIpc) is 2.71. The normalized spacial score (nSPS) is 11.6. The average molecular weight is 449 g/mol. The molecular formula is C23H26F3N3O3. The van der Waals surface area contributed by atoms with Crippen LogP contribution in [0.15, 0.2) is 48.5 Å². The first kappa shape index (κ1) is 24.9. The molecular weight excluding hydrogens is 423 g/mol. The fourth-order valence-electron chi connectivity index (χ4n) is 2.79. The summed E-state index contributed by atoms with van der Waals surface area (Å²) in [4.78, 5) is 36.5. The third-order valence-electron chi connectivity index (χ3n) is 4.55. The molecule has 3 N–H and O–H groups in total. The maximum atomic E-state index is 12.3. The summed E-state index contributed by atoms with van der Waals surface area (Å²) in [5, 5.41) is 6.91. The van der Waals surface area contributed by atoms with E-state index in [9.17, 15) is 27.6 Å². The Morgan fingerprint density at radius 3 is 2.06 bits per heavy atom. The van der Waals surface area contributed by atoms with Crippen molar-refractivity contribution < 1.29 is 27.6 Å². The molecule has 0 spiro atoms. The number of rotatable bonds is 7. The molecule has 0 unspecified atom stereocenters. The van der Waals surface area contributed by atoms with Gasteiger partial charge in [-0.1, -0.05) is 45.0 Å². The molecule has 0 radical (unpaired) electrons. The fourth-order valence-corrected chi connectivity index (χ4v) is 2.79. The molecule has 9 heteroatoms. The van der Waals surface area contributed by atoms with E-state index >= 15 is 0 Å². The highest BCUT2D eigenvalue weighted by atomic mass is 19.4. The first-order valence-corrected chi connectivity index (χ1v) is 9.99. The summed E-state index contributed by atoms with van der Waals surface area (Å²) >= 11 is 0.